The van der Waals surface area contributed by atoms with E-state index in [0.29, 0.717) is 0 Å². The largest absolute Gasteiger partial charge is 0.342 e. The third-order valence-electron chi connectivity index (χ3n) is 0.876. The summed E-state index contributed by atoms with van der Waals surface area (Å²) in [6, 6.07) is 0. The lowest BCUT2D eigenvalue weighted by atomic mass is 10.9. The normalized spacial score (nSPS) is 9.50. The molecule has 0 unspecified atom stereocenters. The Labute approximate surface area is 49.6 Å². The Kier molecular flexibility index (Phi) is 2.57. The van der Waals surface area contributed by atoms with Crippen molar-refractivity contribution >= 4 is 19.8 Å². The molecule has 0 aromatic heterocycles. The minimum atomic E-state index is -2.13. The predicted octanol–water partition coefficient (Wildman–Crippen LogP) is -1.07. The zero-order valence-electron chi connectivity index (χ0n) is 4.97. The maximum absolute atomic E-state index is 10.3. The first kappa shape index (κ1) is 7.52. The van der Waals surface area contributed by atoms with Crippen LogP contribution in [0.2, 0.25) is 0 Å². The van der Waals surface area contributed by atoms with Crippen molar-refractivity contribution in [1.82, 2.24) is 0 Å². The van der Waals surface area contributed by atoms with Crippen LogP contribution in [0.15, 0.2) is 0 Å². The van der Waals surface area contributed by atoms with Crippen LogP contribution in [0.4, 0.5) is 0 Å². The first-order valence-electron chi connectivity index (χ1n) is 2.32. The lowest BCUT2D eigenvalue weighted by Crippen LogP contribution is -2.41. The molecule has 0 heterocycles. The van der Waals surface area contributed by atoms with E-state index >= 15 is 0 Å². The molecule has 0 saturated carbocycles. The highest BCUT2D eigenvalue weighted by Gasteiger charge is 2.15. The Bertz CT molecular complexity index is 109. The molecule has 0 atom stereocenters. The highest BCUT2D eigenvalue weighted by atomic mass is 28.3. The number of carbonyl (C=O) groups excluding carboxylic acids is 2. The standard InChI is InChI=1S/C4H9NO2Si/c1-3(6)8(5)4(2)7/h8H,5H2,1-2H3. The molecule has 0 rings (SSSR count). The zero-order valence-corrected chi connectivity index (χ0v) is 6.13. The fourth-order valence-corrected chi connectivity index (χ4v) is 0.859. The molecular weight excluding hydrogens is 122 g/mol. The molecule has 2 N–H and O–H groups in total. The summed E-state index contributed by atoms with van der Waals surface area (Å²) in [5.41, 5.74) is 0. The summed E-state index contributed by atoms with van der Waals surface area (Å²) in [5.74, 6) is 0. The first-order chi connectivity index (χ1) is 3.55. The molecule has 0 aliphatic carbocycles. The van der Waals surface area contributed by atoms with Crippen molar-refractivity contribution in [2.75, 3.05) is 0 Å². The molecule has 0 amide bonds. The van der Waals surface area contributed by atoms with Gasteiger partial charge in [0.15, 0.2) is 0 Å². The van der Waals surface area contributed by atoms with Crippen LogP contribution in [0, 0.1) is 0 Å². The van der Waals surface area contributed by atoms with Crippen molar-refractivity contribution in [3.63, 3.8) is 0 Å². The number of carbonyl (C=O) groups is 2. The van der Waals surface area contributed by atoms with Crippen LogP contribution >= 0.6 is 0 Å². The fraction of sp³-hybridized carbons (Fsp3) is 0.500. The van der Waals surface area contributed by atoms with Gasteiger partial charge in [-0.05, 0) is 13.8 Å². The Morgan fingerprint density at radius 3 is 1.50 bits per heavy atom. The van der Waals surface area contributed by atoms with E-state index in [1.165, 1.54) is 13.8 Å². The van der Waals surface area contributed by atoms with Crippen LogP contribution in [0.1, 0.15) is 13.8 Å². The van der Waals surface area contributed by atoms with Crippen molar-refractivity contribution < 1.29 is 9.59 Å². The molecule has 0 fully saturated rings. The monoisotopic (exact) mass is 131 g/mol. The minimum absolute atomic E-state index is 0.141. The Morgan fingerprint density at radius 1 is 1.25 bits per heavy atom. The lowest BCUT2D eigenvalue weighted by molar-refractivity contribution is -0.113. The van der Waals surface area contributed by atoms with E-state index in [1.54, 1.807) is 0 Å². The SMILES string of the molecule is CC(=O)[SiH](N)C(C)=O. The topological polar surface area (TPSA) is 60.2 Å². The van der Waals surface area contributed by atoms with E-state index in [1.807, 2.05) is 0 Å². The average Bonchev–Trinajstić information content (AvgIpc) is 1.64. The van der Waals surface area contributed by atoms with Gasteiger partial charge in [-0.25, -0.2) is 0 Å². The van der Waals surface area contributed by atoms with E-state index in [2.05, 4.69) is 0 Å². The van der Waals surface area contributed by atoms with E-state index in [0.717, 1.165) is 0 Å². The molecule has 0 aromatic rings. The molecule has 0 aliphatic heterocycles. The highest BCUT2D eigenvalue weighted by molar-refractivity contribution is 7.08. The summed E-state index contributed by atoms with van der Waals surface area (Å²) in [6.45, 7) is 2.72. The van der Waals surface area contributed by atoms with Crippen LogP contribution in [-0.4, -0.2) is 19.8 Å². The van der Waals surface area contributed by atoms with Crippen LogP contribution < -0.4 is 5.40 Å². The molecule has 0 aliphatic rings. The zero-order chi connectivity index (χ0) is 6.73. The quantitative estimate of drug-likeness (QED) is 0.485. The molecule has 8 heavy (non-hydrogen) atoms. The van der Waals surface area contributed by atoms with E-state index in [4.69, 9.17) is 5.40 Å². The van der Waals surface area contributed by atoms with Crippen LogP contribution in [0.5, 0.6) is 0 Å². The van der Waals surface area contributed by atoms with E-state index in [-0.39, 0.29) is 10.8 Å². The second kappa shape index (κ2) is 2.73. The number of hydrogen-bond donors (Lipinski definition) is 1. The van der Waals surface area contributed by atoms with Gasteiger partial charge >= 0.3 is 0 Å². The van der Waals surface area contributed by atoms with E-state index < -0.39 is 8.96 Å². The molecule has 0 aromatic carbocycles. The maximum atomic E-state index is 10.3. The minimum Gasteiger partial charge on any atom is -0.342 e. The molecule has 0 saturated heterocycles. The lowest BCUT2D eigenvalue weighted by Gasteiger charge is -1.95. The highest BCUT2D eigenvalue weighted by Crippen LogP contribution is 1.75. The van der Waals surface area contributed by atoms with Gasteiger partial charge in [0.2, 0.25) is 0 Å². The molecule has 0 radical (unpaired) electrons. The number of nitrogens with two attached hydrogens (primary N) is 1. The van der Waals surface area contributed by atoms with Gasteiger partial charge in [0.25, 0.3) is 8.96 Å². The molecule has 0 bridgehead atoms. The third kappa shape index (κ3) is 1.99. The van der Waals surface area contributed by atoms with Crippen molar-refractivity contribution in [1.29, 1.82) is 0 Å². The molecular formula is C4H9NO2Si. The summed E-state index contributed by atoms with van der Waals surface area (Å²) < 4.78 is 0. The molecule has 0 spiro atoms. The summed E-state index contributed by atoms with van der Waals surface area (Å²) in [5, 5.41) is 4.92. The summed E-state index contributed by atoms with van der Waals surface area (Å²) in [7, 11) is -2.13. The first-order valence-corrected chi connectivity index (χ1v) is 4.14. The second-order valence-corrected chi connectivity index (χ2v) is 4.28. The van der Waals surface area contributed by atoms with Gasteiger partial charge in [-0.15, -0.1) is 0 Å². The van der Waals surface area contributed by atoms with Crippen molar-refractivity contribution in [3.8, 4) is 0 Å². The molecule has 46 valence electrons. The van der Waals surface area contributed by atoms with Crippen molar-refractivity contribution in [2.24, 2.45) is 5.40 Å². The Morgan fingerprint density at radius 2 is 1.50 bits per heavy atom. The van der Waals surface area contributed by atoms with Gasteiger partial charge < -0.3 is 15.0 Å². The molecule has 3 nitrogen and oxygen atoms in total. The summed E-state index contributed by atoms with van der Waals surface area (Å²) in [6.07, 6.45) is 0. The van der Waals surface area contributed by atoms with Crippen LogP contribution in [-0.2, 0) is 9.59 Å². The Hall–Kier alpha value is -0.483. The van der Waals surface area contributed by atoms with Crippen LogP contribution in [0.3, 0.4) is 0 Å². The molecule has 4 heteroatoms. The fourth-order valence-electron chi connectivity index (χ4n) is 0.286. The number of rotatable bonds is 2. The van der Waals surface area contributed by atoms with Gasteiger partial charge in [0, 0.05) is 0 Å². The van der Waals surface area contributed by atoms with Gasteiger partial charge in [-0.1, -0.05) is 0 Å². The maximum Gasteiger partial charge on any atom is 0.256 e. The van der Waals surface area contributed by atoms with Crippen LogP contribution in [0.25, 0.3) is 0 Å². The van der Waals surface area contributed by atoms with Crippen molar-refractivity contribution in [2.45, 2.75) is 13.8 Å². The number of hydrogen-bond acceptors (Lipinski definition) is 3. The average molecular weight is 131 g/mol. The summed E-state index contributed by atoms with van der Waals surface area (Å²) in [4.78, 5) is 20.6. The third-order valence-corrected chi connectivity index (χ3v) is 2.63. The second-order valence-electron chi connectivity index (χ2n) is 1.70. The van der Waals surface area contributed by atoms with Gasteiger partial charge in [-0.2, -0.15) is 0 Å². The predicted molar refractivity (Wildman–Crippen MR) is 32.7 cm³/mol. The van der Waals surface area contributed by atoms with Crippen molar-refractivity contribution in [3.05, 3.63) is 0 Å². The smallest absolute Gasteiger partial charge is 0.256 e. The van der Waals surface area contributed by atoms with Gasteiger partial charge in [0.1, 0.15) is 10.8 Å². The summed E-state index contributed by atoms with van der Waals surface area (Å²) >= 11 is 0. The Balaban J connectivity index is 3.83. The van der Waals surface area contributed by atoms with Gasteiger partial charge in [0.05, 0.1) is 0 Å². The van der Waals surface area contributed by atoms with E-state index in [9.17, 15) is 9.59 Å². The van der Waals surface area contributed by atoms with Gasteiger partial charge in [-0.3, -0.25) is 0 Å².